The van der Waals surface area contributed by atoms with Crippen LogP contribution in [-0.2, 0) is 0 Å². The zero-order valence-corrected chi connectivity index (χ0v) is 11.4. The van der Waals surface area contributed by atoms with Gasteiger partial charge in [0.25, 0.3) is 0 Å². The van der Waals surface area contributed by atoms with Crippen LogP contribution in [0.4, 0.5) is 5.69 Å². The van der Waals surface area contributed by atoms with Crippen LogP contribution in [0.3, 0.4) is 0 Å². The van der Waals surface area contributed by atoms with Gasteiger partial charge in [-0.2, -0.15) is 0 Å². The summed E-state index contributed by atoms with van der Waals surface area (Å²) in [5, 5.41) is 0. The van der Waals surface area contributed by atoms with E-state index in [4.69, 9.17) is 10.2 Å². The summed E-state index contributed by atoms with van der Waals surface area (Å²) in [4.78, 5) is 4.46. The van der Waals surface area contributed by atoms with Crippen molar-refractivity contribution in [3.05, 3.63) is 46.4 Å². The third-order valence-corrected chi connectivity index (χ3v) is 3.35. The number of oxazole rings is 1. The lowest BCUT2D eigenvalue weighted by Crippen LogP contribution is -1.83. The number of halogens is 1. The van der Waals surface area contributed by atoms with Gasteiger partial charge >= 0.3 is 0 Å². The van der Waals surface area contributed by atoms with Crippen molar-refractivity contribution in [2.45, 2.75) is 6.92 Å². The van der Waals surface area contributed by atoms with Crippen molar-refractivity contribution < 1.29 is 4.42 Å². The smallest absolute Gasteiger partial charge is 0.227 e. The molecule has 0 aliphatic heterocycles. The number of hydrogen-bond donors (Lipinski definition) is 1. The van der Waals surface area contributed by atoms with Gasteiger partial charge < -0.3 is 10.2 Å². The minimum Gasteiger partial charge on any atom is -0.435 e. The molecule has 0 bridgehead atoms. The molecule has 0 unspecified atom stereocenters. The third kappa shape index (κ3) is 1.88. The van der Waals surface area contributed by atoms with E-state index in [1.165, 1.54) is 5.56 Å². The molecule has 3 nitrogen and oxygen atoms in total. The van der Waals surface area contributed by atoms with Gasteiger partial charge in [0.1, 0.15) is 5.52 Å². The zero-order valence-electron chi connectivity index (χ0n) is 9.77. The van der Waals surface area contributed by atoms with Gasteiger partial charge in [0, 0.05) is 11.3 Å². The van der Waals surface area contributed by atoms with Gasteiger partial charge in [0.05, 0.1) is 4.47 Å². The molecule has 0 aliphatic rings. The highest BCUT2D eigenvalue weighted by atomic mass is 79.9. The molecule has 0 amide bonds. The maximum Gasteiger partial charge on any atom is 0.227 e. The summed E-state index contributed by atoms with van der Waals surface area (Å²) in [6.07, 6.45) is 0. The van der Waals surface area contributed by atoms with Gasteiger partial charge in [0.2, 0.25) is 5.89 Å². The van der Waals surface area contributed by atoms with E-state index in [1.807, 2.05) is 37.3 Å². The van der Waals surface area contributed by atoms with Crippen molar-refractivity contribution in [3.8, 4) is 11.5 Å². The van der Waals surface area contributed by atoms with Crippen molar-refractivity contribution in [2.24, 2.45) is 0 Å². The highest BCUT2D eigenvalue weighted by molar-refractivity contribution is 9.10. The van der Waals surface area contributed by atoms with Crippen LogP contribution in [-0.4, -0.2) is 4.98 Å². The molecule has 0 fully saturated rings. The van der Waals surface area contributed by atoms with E-state index in [0.717, 1.165) is 21.1 Å². The van der Waals surface area contributed by atoms with E-state index in [-0.39, 0.29) is 0 Å². The van der Waals surface area contributed by atoms with Crippen molar-refractivity contribution in [1.29, 1.82) is 0 Å². The van der Waals surface area contributed by atoms with Crippen LogP contribution in [0.25, 0.3) is 22.6 Å². The van der Waals surface area contributed by atoms with Crippen LogP contribution in [0.5, 0.6) is 0 Å². The summed E-state index contributed by atoms with van der Waals surface area (Å²) in [5.41, 5.74) is 10.1. The molecule has 18 heavy (non-hydrogen) atoms. The Morgan fingerprint density at radius 1 is 1.17 bits per heavy atom. The fraction of sp³-hybridized carbons (Fsp3) is 0.0714. The topological polar surface area (TPSA) is 52.0 Å². The summed E-state index contributed by atoms with van der Waals surface area (Å²) in [5.74, 6) is 0.608. The first-order valence-corrected chi connectivity index (χ1v) is 6.35. The Hall–Kier alpha value is -1.81. The van der Waals surface area contributed by atoms with Crippen LogP contribution in [0.15, 0.2) is 45.3 Å². The number of aromatic nitrogens is 1. The van der Waals surface area contributed by atoms with Crippen molar-refractivity contribution in [3.63, 3.8) is 0 Å². The molecule has 0 aliphatic carbocycles. The van der Waals surface area contributed by atoms with E-state index in [2.05, 4.69) is 20.9 Å². The molecule has 1 heterocycles. The fourth-order valence-corrected chi connectivity index (χ4v) is 2.38. The van der Waals surface area contributed by atoms with E-state index < -0.39 is 0 Å². The number of hydrogen-bond acceptors (Lipinski definition) is 3. The van der Waals surface area contributed by atoms with Gasteiger partial charge in [-0.1, -0.05) is 17.7 Å². The Bertz CT molecular complexity index is 716. The molecule has 3 rings (SSSR count). The summed E-state index contributed by atoms with van der Waals surface area (Å²) >= 11 is 3.43. The molecule has 0 saturated carbocycles. The van der Waals surface area contributed by atoms with Gasteiger partial charge in [-0.25, -0.2) is 4.98 Å². The Balaban J connectivity index is 2.19. The predicted octanol–water partition coefficient (Wildman–Crippen LogP) is 4.15. The lowest BCUT2D eigenvalue weighted by molar-refractivity contribution is 0.618. The number of benzene rings is 2. The second-order valence-corrected chi connectivity index (χ2v) is 5.09. The first-order valence-electron chi connectivity index (χ1n) is 5.56. The number of nitrogens with two attached hydrogens (primary N) is 1. The van der Waals surface area contributed by atoms with Crippen LogP contribution < -0.4 is 5.73 Å². The van der Waals surface area contributed by atoms with Gasteiger partial charge in [-0.3, -0.25) is 0 Å². The van der Waals surface area contributed by atoms with Crippen LogP contribution >= 0.6 is 15.9 Å². The van der Waals surface area contributed by atoms with Crippen molar-refractivity contribution in [2.75, 3.05) is 5.73 Å². The Labute approximate surface area is 113 Å². The number of aryl methyl sites for hydroxylation is 1. The maximum absolute atomic E-state index is 5.78. The minimum atomic E-state index is 0.608. The average molecular weight is 303 g/mol. The normalized spacial score (nSPS) is 11.0. The number of anilines is 1. The minimum absolute atomic E-state index is 0.608. The van der Waals surface area contributed by atoms with Gasteiger partial charge in [-0.15, -0.1) is 0 Å². The first-order chi connectivity index (χ1) is 8.63. The Morgan fingerprint density at radius 2 is 1.89 bits per heavy atom. The van der Waals surface area contributed by atoms with E-state index in [1.54, 1.807) is 6.07 Å². The molecule has 0 atom stereocenters. The van der Waals surface area contributed by atoms with Crippen LogP contribution in [0.1, 0.15) is 5.56 Å². The molecule has 0 spiro atoms. The predicted molar refractivity (Wildman–Crippen MR) is 76.3 cm³/mol. The Morgan fingerprint density at radius 3 is 2.61 bits per heavy atom. The monoisotopic (exact) mass is 302 g/mol. The molecular weight excluding hydrogens is 292 g/mol. The van der Waals surface area contributed by atoms with Crippen molar-refractivity contribution in [1.82, 2.24) is 4.98 Å². The molecule has 2 N–H and O–H groups in total. The van der Waals surface area contributed by atoms with Crippen LogP contribution in [0.2, 0.25) is 0 Å². The fourth-order valence-electron chi connectivity index (χ4n) is 1.83. The van der Waals surface area contributed by atoms with E-state index in [0.29, 0.717) is 11.6 Å². The molecule has 90 valence electrons. The lowest BCUT2D eigenvalue weighted by Gasteiger charge is -1.95. The second-order valence-electron chi connectivity index (χ2n) is 4.24. The summed E-state index contributed by atoms with van der Waals surface area (Å²) in [7, 11) is 0. The molecular formula is C14H11BrN2O. The quantitative estimate of drug-likeness (QED) is 0.687. The summed E-state index contributed by atoms with van der Waals surface area (Å²) in [6.45, 7) is 2.05. The molecule has 3 aromatic rings. The highest BCUT2D eigenvalue weighted by Gasteiger charge is 2.11. The summed E-state index contributed by atoms with van der Waals surface area (Å²) in [6, 6.07) is 11.7. The number of nitrogens with zero attached hydrogens (tertiary/aromatic N) is 1. The highest BCUT2D eigenvalue weighted by Crippen LogP contribution is 2.31. The van der Waals surface area contributed by atoms with Crippen molar-refractivity contribution >= 4 is 32.7 Å². The molecule has 2 aromatic carbocycles. The number of fused-ring (bicyclic) bond motifs is 1. The van der Waals surface area contributed by atoms with Gasteiger partial charge in [-0.05, 0) is 47.1 Å². The zero-order chi connectivity index (χ0) is 12.7. The third-order valence-electron chi connectivity index (χ3n) is 2.77. The number of nitrogen functional groups attached to an aromatic ring is 1. The second kappa shape index (κ2) is 4.14. The lowest BCUT2D eigenvalue weighted by atomic mass is 10.1. The Kier molecular flexibility index (Phi) is 2.59. The van der Waals surface area contributed by atoms with Gasteiger partial charge in [0.15, 0.2) is 5.58 Å². The van der Waals surface area contributed by atoms with E-state index >= 15 is 0 Å². The average Bonchev–Trinajstić information content (AvgIpc) is 2.74. The largest absolute Gasteiger partial charge is 0.435 e. The molecule has 0 saturated heterocycles. The molecule has 0 radical (unpaired) electrons. The molecule has 1 aromatic heterocycles. The summed E-state index contributed by atoms with van der Waals surface area (Å²) < 4.78 is 6.59. The first kappa shape index (κ1) is 11.3. The maximum atomic E-state index is 5.78. The van der Waals surface area contributed by atoms with Crippen LogP contribution in [0, 0.1) is 6.92 Å². The number of rotatable bonds is 1. The SMILES string of the molecule is Cc1ccc(-c2nc3cc(N)cc(Br)c3o2)cc1. The van der Waals surface area contributed by atoms with E-state index in [9.17, 15) is 0 Å². The standard InChI is InChI=1S/C14H11BrN2O/c1-8-2-4-9(5-3-8)14-17-12-7-10(16)6-11(15)13(12)18-14/h2-7H,16H2,1H3. The molecule has 4 heteroatoms.